The number of carbonyl (C=O) groups excluding carboxylic acids is 1. The number of carboxylic acids is 1. The Morgan fingerprint density at radius 3 is 2.46 bits per heavy atom. The molecule has 0 bridgehead atoms. The monoisotopic (exact) mass is 374 g/mol. The van der Waals surface area contributed by atoms with Gasteiger partial charge >= 0.3 is 5.97 Å². The van der Waals surface area contributed by atoms with Crippen LogP contribution in [-0.2, 0) is 11.3 Å². The molecule has 0 fully saturated rings. The van der Waals surface area contributed by atoms with E-state index >= 15 is 0 Å². The lowest BCUT2D eigenvalue weighted by atomic mass is 9.90. The minimum Gasteiger partial charge on any atom is -0.481 e. The Hall–Kier alpha value is -2.37. The van der Waals surface area contributed by atoms with Gasteiger partial charge in [-0.2, -0.15) is 0 Å². The quantitative estimate of drug-likeness (QED) is 0.605. The van der Waals surface area contributed by atoms with Gasteiger partial charge in [0.05, 0.1) is 5.41 Å². The van der Waals surface area contributed by atoms with Crippen molar-refractivity contribution >= 4 is 29.2 Å². The van der Waals surface area contributed by atoms with Crippen molar-refractivity contribution in [2.75, 3.05) is 11.9 Å². The van der Waals surface area contributed by atoms with Crippen LogP contribution in [0.25, 0.3) is 0 Å². The van der Waals surface area contributed by atoms with E-state index in [-0.39, 0.29) is 5.91 Å². The lowest BCUT2D eigenvalue weighted by Gasteiger charge is -2.19. The summed E-state index contributed by atoms with van der Waals surface area (Å²) in [5.41, 5.74) is 1.50. The molecule has 0 atom stereocenters. The fourth-order valence-electron chi connectivity index (χ4n) is 2.30. The van der Waals surface area contributed by atoms with Crippen LogP contribution in [0.3, 0.4) is 0 Å². The summed E-state index contributed by atoms with van der Waals surface area (Å²) < 4.78 is 0. The predicted octanol–water partition coefficient (Wildman–Crippen LogP) is 4.18. The molecule has 2 aromatic carbocycles. The zero-order valence-electron chi connectivity index (χ0n) is 14.9. The molecule has 0 saturated carbocycles. The van der Waals surface area contributed by atoms with Gasteiger partial charge < -0.3 is 15.7 Å². The van der Waals surface area contributed by atoms with E-state index in [4.69, 9.17) is 16.7 Å². The molecule has 0 aliphatic carbocycles. The highest BCUT2D eigenvalue weighted by Crippen LogP contribution is 2.19. The normalized spacial score (nSPS) is 11.2. The first-order valence-electron chi connectivity index (χ1n) is 8.38. The Morgan fingerprint density at radius 1 is 1.12 bits per heavy atom. The van der Waals surface area contributed by atoms with Gasteiger partial charge in [-0.15, -0.1) is 0 Å². The molecule has 0 heterocycles. The summed E-state index contributed by atoms with van der Waals surface area (Å²) in [6.07, 6.45) is 0.537. The van der Waals surface area contributed by atoms with Crippen molar-refractivity contribution in [3.63, 3.8) is 0 Å². The van der Waals surface area contributed by atoms with E-state index in [1.165, 1.54) is 0 Å². The molecule has 0 aliphatic rings. The van der Waals surface area contributed by atoms with Crippen LogP contribution in [0.2, 0.25) is 5.02 Å². The van der Waals surface area contributed by atoms with Gasteiger partial charge in [0.2, 0.25) is 0 Å². The number of hydrogen-bond donors (Lipinski definition) is 3. The molecular weight excluding hydrogens is 352 g/mol. The van der Waals surface area contributed by atoms with Gasteiger partial charge in [0.25, 0.3) is 5.91 Å². The molecule has 0 radical (unpaired) electrons. The van der Waals surface area contributed by atoms with E-state index in [1.54, 1.807) is 38.1 Å². The predicted molar refractivity (Wildman–Crippen MR) is 104 cm³/mol. The van der Waals surface area contributed by atoms with E-state index in [0.717, 1.165) is 5.56 Å². The third-order valence-corrected chi connectivity index (χ3v) is 4.38. The molecule has 138 valence electrons. The summed E-state index contributed by atoms with van der Waals surface area (Å²) in [7, 11) is 0. The van der Waals surface area contributed by atoms with E-state index in [9.17, 15) is 9.59 Å². The van der Waals surface area contributed by atoms with E-state index in [1.807, 2.05) is 24.3 Å². The second-order valence-electron chi connectivity index (χ2n) is 6.78. The van der Waals surface area contributed by atoms with Crippen LogP contribution in [0, 0.1) is 5.41 Å². The number of carboxylic acid groups (broad SMARTS) is 1. The van der Waals surface area contributed by atoms with Crippen LogP contribution in [0.5, 0.6) is 0 Å². The number of rotatable bonds is 8. The summed E-state index contributed by atoms with van der Waals surface area (Å²) in [6.45, 7) is 4.62. The minimum absolute atomic E-state index is 0.199. The number of nitrogens with one attached hydrogen (secondary N) is 2. The molecule has 0 aromatic heterocycles. The summed E-state index contributed by atoms with van der Waals surface area (Å²) in [5, 5.41) is 15.8. The lowest BCUT2D eigenvalue weighted by Crippen LogP contribution is -2.28. The third kappa shape index (κ3) is 5.86. The van der Waals surface area contributed by atoms with Crippen LogP contribution >= 0.6 is 11.6 Å². The van der Waals surface area contributed by atoms with E-state index in [0.29, 0.717) is 35.8 Å². The summed E-state index contributed by atoms with van der Waals surface area (Å²) in [5.74, 6) is -0.999. The van der Waals surface area contributed by atoms with Gasteiger partial charge in [0, 0.05) is 22.8 Å². The van der Waals surface area contributed by atoms with Crippen LogP contribution in [0.15, 0.2) is 48.5 Å². The Labute approximate surface area is 158 Å². The molecule has 2 aromatic rings. The zero-order valence-corrected chi connectivity index (χ0v) is 15.6. The number of aliphatic carboxylic acids is 1. The largest absolute Gasteiger partial charge is 0.481 e. The minimum atomic E-state index is -0.800. The fraction of sp³-hybridized carbons (Fsp3) is 0.300. The fourth-order valence-corrected chi connectivity index (χ4v) is 2.43. The van der Waals surface area contributed by atoms with Crippen LogP contribution in [0.4, 0.5) is 5.69 Å². The van der Waals surface area contributed by atoms with Crippen molar-refractivity contribution in [2.24, 2.45) is 5.41 Å². The highest BCUT2D eigenvalue weighted by atomic mass is 35.5. The summed E-state index contributed by atoms with van der Waals surface area (Å²) in [4.78, 5) is 23.3. The Bertz CT molecular complexity index is 773. The van der Waals surface area contributed by atoms with Gasteiger partial charge in [-0.05, 0) is 68.8 Å². The number of hydrogen-bond acceptors (Lipinski definition) is 3. The number of halogens is 1. The van der Waals surface area contributed by atoms with Crippen molar-refractivity contribution < 1.29 is 14.7 Å². The summed E-state index contributed by atoms with van der Waals surface area (Å²) in [6, 6.07) is 14.2. The van der Waals surface area contributed by atoms with E-state index < -0.39 is 11.4 Å². The smallest absolute Gasteiger partial charge is 0.309 e. The third-order valence-electron chi connectivity index (χ3n) is 4.13. The van der Waals surface area contributed by atoms with E-state index in [2.05, 4.69) is 10.6 Å². The molecule has 26 heavy (non-hydrogen) atoms. The molecule has 0 aliphatic heterocycles. The molecule has 0 spiro atoms. The number of carbonyl (C=O) groups is 2. The van der Waals surface area contributed by atoms with Gasteiger partial charge in [0.15, 0.2) is 0 Å². The van der Waals surface area contributed by atoms with Gasteiger partial charge in [0.1, 0.15) is 0 Å². The first-order valence-corrected chi connectivity index (χ1v) is 8.76. The average Bonchev–Trinajstić information content (AvgIpc) is 2.59. The average molecular weight is 375 g/mol. The molecule has 6 heteroatoms. The Morgan fingerprint density at radius 2 is 1.81 bits per heavy atom. The van der Waals surface area contributed by atoms with Crippen LogP contribution in [-0.4, -0.2) is 23.5 Å². The highest BCUT2D eigenvalue weighted by molar-refractivity contribution is 6.30. The maximum Gasteiger partial charge on any atom is 0.309 e. The maximum atomic E-state index is 12.2. The van der Waals surface area contributed by atoms with Crippen molar-refractivity contribution in [3.05, 3.63) is 64.7 Å². The van der Waals surface area contributed by atoms with Crippen molar-refractivity contribution in [3.8, 4) is 0 Å². The second kappa shape index (κ2) is 8.83. The molecule has 2 rings (SSSR count). The van der Waals surface area contributed by atoms with Crippen molar-refractivity contribution in [2.45, 2.75) is 26.8 Å². The lowest BCUT2D eigenvalue weighted by molar-refractivity contribution is -0.147. The number of amides is 1. The zero-order chi connectivity index (χ0) is 19.2. The number of benzene rings is 2. The first-order chi connectivity index (χ1) is 12.3. The summed E-state index contributed by atoms with van der Waals surface area (Å²) >= 11 is 5.83. The first kappa shape index (κ1) is 19.9. The molecule has 3 N–H and O–H groups in total. The van der Waals surface area contributed by atoms with Gasteiger partial charge in [-0.1, -0.05) is 23.7 Å². The standard InChI is InChI=1S/C20H23ClN2O3/c1-20(2,19(25)26)10-11-22-13-14-4-3-5-17(12-14)23-18(24)15-6-8-16(21)9-7-15/h3-9,12,22H,10-11,13H2,1-2H3,(H,23,24)(H,25,26). The SMILES string of the molecule is CC(C)(CCNCc1cccc(NC(=O)c2ccc(Cl)cc2)c1)C(=O)O. The molecular formula is C20H23ClN2O3. The van der Waals surface area contributed by atoms with Crippen molar-refractivity contribution in [1.82, 2.24) is 5.32 Å². The highest BCUT2D eigenvalue weighted by Gasteiger charge is 2.26. The molecule has 5 nitrogen and oxygen atoms in total. The van der Waals surface area contributed by atoms with Gasteiger partial charge in [-0.25, -0.2) is 0 Å². The molecule has 0 saturated heterocycles. The van der Waals surface area contributed by atoms with Gasteiger partial charge in [-0.3, -0.25) is 9.59 Å². The maximum absolute atomic E-state index is 12.2. The Balaban J connectivity index is 1.88. The van der Waals surface area contributed by atoms with Crippen LogP contribution in [0.1, 0.15) is 36.2 Å². The topological polar surface area (TPSA) is 78.4 Å². The number of anilines is 1. The molecule has 1 amide bonds. The Kier molecular flexibility index (Phi) is 6.77. The second-order valence-corrected chi connectivity index (χ2v) is 7.21. The van der Waals surface area contributed by atoms with Crippen LogP contribution < -0.4 is 10.6 Å². The molecule has 0 unspecified atom stereocenters. The van der Waals surface area contributed by atoms with Crippen molar-refractivity contribution in [1.29, 1.82) is 0 Å².